The predicted octanol–water partition coefficient (Wildman–Crippen LogP) is 4.00. The van der Waals surface area contributed by atoms with Crippen LogP contribution in [0.4, 0.5) is 18.9 Å². The van der Waals surface area contributed by atoms with Crippen LogP contribution < -0.4 is 4.74 Å². The molecule has 0 aliphatic carbocycles. The Bertz CT molecular complexity index is 710. The Morgan fingerprint density at radius 3 is 2.64 bits per heavy atom. The first-order chi connectivity index (χ1) is 10.2. The number of aryl methyl sites for hydroxylation is 1. The molecule has 0 spiro atoms. The van der Waals surface area contributed by atoms with Crippen LogP contribution in [-0.4, -0.2) is 15.1 Å². The van der Waals surface area contributed by atoms with Crippen LogP contribution in [0.3, 0.4) is 0 Å². The van der Waals surface area contributed by atoms with E-state index in [-0.39, 0.29) is 5.88 Å². The molecule has 9 heteroatoms. The number of nitro benzene ring substituents is 1. The summed E-state index contributed by atoms with van der Waals surface area (Å²) in [6, 6.07) is 2.32. The number of aromatic amines is 1. The van der Waals surface area contributed by atoms with Crippen molar-refractivity contribution in [1.82, 2.24) is 10.2 Å². The van der Waals surface area contributed by atoms with Gasteiger partial charge in [-0.3, -0.25) is 15.2 Å². The highest BCUT2D eigenvalue weighted by atomic mass is 19.4. The summed E-state index contributed by atoms with van der Waals surface area (Å²) in [4.78, 5) is 9.74. The SMILES string of the molecule is CCc1c(Oc2ccc([N+](=O)[O-])cc2C(F)(F)F)n[nH]c1C. The number of H-pyrrole nitrogens is 1. The molecular formula is C13H12F3N3O3. The highest BCUT2D eigenvalue weighted by Crippen LogP contribution is 2.40. The van der Waals surface area contributed by atoms with Crippen LogP contribution in [0.2, 0.25) is 0 Å². The molecule has 2 rings (SSSR count). The molecule has 118 valence electrons. The Kier molecular flexibility index (Phi) is 4.07. The van der Waals surface area contributed by atoms with Crippen LogP contribution in [0.15, 0.2) is 18.2 Å². The molecule has 1 aromatic carbocycles. The lowest BCUT2D eigenvalue weighted by Crippen LogP contribution is -2.08. The summed E-state index contributed by atoms with van der Waals surface area (Å²) in [6.07, 6.45) is -4.26. The van der Waals surface area contributed by atoms with E-state index in [1.165, 1.54) is 0 Å². The van der Waals surface area contributed by atoms with Crippen molar-refractivity contribution in [2.75, 3.05) is 0 Å². The first-order valence-electron chi connectivity index (χ1n) is 6.31. The monoisotopic (exact) mass is 315 g/mol. The zero-order chi connectivity index (χ0) is 16.5. The number of aromatic nitrogens is 2. The largest absolute Gasteiger partial charge is 0.437 e. The summed E-state index contributed by atoms with van der Waals surface area (Å²) in [5, 5.41) is 17.1. The van der Waals surface area contributed by atoms with E-state index in [1.807, 2.05) is 6.92 Å². The highest BCUT2D eigenvalue weighted by Gasteiger charge is 2.36. The van der Waals surface area contributed by atoms with Crippen LogP contribution in [0.5, 0.6) is 11.6 Å². The fourth-order valence-electron chi connectivity index (χ4n) is 1.98. The topological polar surface area (TPSA) is 81.1 Å². The van der Waals surface area contributed by atoms with Gasteiger partial charge in [-0.25, -0.2) is 0 Å². The number of benzene rings is 1. The first kappa shape index (κ1) is 15.8. The van der Waals surface area contributed by atoms with Crippen molar-refractivity contribution in [2.45, 2.75) is 26.4 Å². The number of ether oxygens (including phenoxy) is 1. The molecule has 0 saturated carbocycles. The standard InChI is InChI=1S/C13H12F3N3O3/c1-3-9-7(2)17-18-12(9)22-11-5-4-8(19(20)21)6-10(11)13(14,15)16/h4-6H,3H2,1-2H3,(H,17,18). The van der Waals surface area contributed by atoms with Crippen LogP contribution >= 0.6 is 0 Å². The quantitative estimate of drug-likeness (QED) is 0.683. The lowest BCUT2D eigenvalue weighted by Gasteiger charge is -2.12. The first-order valence-corrected chi connectivity index (χ1v) is 6.31. The Labute approximate surface area is 123 Å². The molecule has 0 saturated heterocycles. The van der Waals surface area contributed by atoms with Crippen LogP contribution in [0, 0.1) is 17.0 Å². The van der Waals surface area contributed by atoms with Crippen LogP contribution in [0.1, 0.15) is 23.7 Å². The van der Waals surface area contributed by atoms with Gasteiger partial charge in [-0.05, 0) is 19.4 Å². The molecule has 6 nitrogen and oxygen atoms in total. The summed E-state index contributed by atoms with van der Waals surface area (Å²) in [6.45, 7) is 3.53. The molecule has 0 atom stereocenters. The zero-order valence-corrected chi connectivity index (χ0v) is 11.7. The van der Waals surface area contributed by atoms with Gasteiger partial charge in [-0.15, -0.1) is 5.10 Å². The number of non-ortho nitro benzene ring substituents is 1. The van der Waals surface area contributed by atoms with Gasteiger partial charge in [0.2, 0.25) is 5.88 Å². The second kappa shape index (κ2) is 5.66. The van der Waals surface area contributed by atoms with E-state index in [0.29, 0.717) is 23.7 Å². The zero-order valence-electron chi connectivity index (χ0n) is 11.7. The maximum absolute atomic E-state index is 13.1. The Morgan fingerprint density at radius 2 is 2.09 bits per heavy atom. The van der Waals surface area contributed by atoms with Crippen molar-refractivity contribution in [3.63, 3.8) is 0 Å². The minimum atomic E-state index is -4.78. The number of alkyl halides is 3. The van der Waals surface area contributed by atoms with Crippen LogP contribution in [-0.2, 0) is 12.6 Å². The summed E-state index contributed by atoms with van der Waals surface area (Å²) >= 11 is 0. The second-order valence-electron chi connectivity index (χ2n) is 4.52. The number of nitrogens with one attached hydrogen (secondary N) is 1. The number of rotatable bonds is 4. The molecule has 1 N–H and O–H groups in total. The molecule has 1 aromatic heterocycles. The summed E-state index contributed by atoms with van der Waals surface area (Å²) in [5.41, 5.74) is -0.544. The molecular weight excluding hydrogens is 303 g/mol. The van der Waals surface area contributed by atoms with E-state index in [1.54, 1.807) is 6.92 Å². The molecule has 0 aliphatic heterocycles. The van der Waals surface area contributed by atoms with E-state index in [4.69, 9.17) is 4.74 Å². The minimum Gasteiger partial charge on any atom is -0.437 e. The number of halogens is 3. The van der Waals surface area contributed by atoms with E-state index in [2.05, 4.69) is 10.2 Å². The normalized spacial score (nSPS) is 11.5. The lowest BCUT2D eigenvalue weighted by atomic mass is 10.1. The second-order valence-corrected chi connectivity index (χ2v) is 4.52. The molecule has 0 amide bonds. The van der Waals surface area contributed by atoms with Gasteiger partial charge in [0.15, 0.2) is 0 Å². The fraction of sp³-hybridized carbons (Fsp3) is 0.308. The van der Waals surface area contributed by atoms with Gasteiger partial charge in [0.1, 0.15) is 11.3 Å². The van der Waals surface area contributed by atoms with Crippen molar-refractivity contribution in [1.29, 1.82) is 0 Å². The van der Waals surface area contributed by atoms with Crippen molar-refractivity contribution >= 4 is 5.69 Å². The third-order valence-corrected chi connectivity index (χ3v) is 3.08. The van der Waals surface area contributed by atoms with Crippen LogP contribution in [0.25, 0.3) is 0 Å². The Morgan fingerprint density at radius 1 is 1.41 bits per heavy atom. The molecule has 0 bridgehead atoms. The minimum absolute atomic E-state index is 0.0272. The average molecular weight is 315 g/mol. The van der Waals surface area contributed by atoms with Gasteiger partial charge < -0.3 is 4.74 Å². The van der Waals surface area contributed by atoms with Crippen molar-refractivity contribution in [2.24, 2.45) is 0 Å². The predicted molar refractivity (Wildman–Crippen MR) is 70.9 cm³/mol. The average Bonchev–Trinajstić information content (AvgIpc) is 2.78. The summed E-state index contributed by atoms with van der Waals surface area (Å²) < 4.78 is 44.4. The van der Waals surface area contributed by atoms with E-state index in [9.17, 15) is 23.3 Å². The Hall–Kier alpha value is -2.58. The van der Waals surface area contributed by atoms with Gasteiger partial charge in [-0.1, -0.05) is 6.92 Å². The molecule has 0 fully saturated rings. The van der Waals surface area contributed by atoms with Crippen molar-refractivity contribution < 1.29 is 22.8 Å². The van der Waals surface area contributed by atoms with Gasteiger partial charge in [0, 0.05) is 23.4 Å². The number of nitro groups is 1. The highest BCUT2D eigenvalue weighted by molar-refractivity contribution is 5.47. The van der Waals surface area contributed by atoms with Gasteiger partial charge in [0.05, 0.1) is 4.92 Å². The smallest absolute Gasteiger partial charge is 0.420 e. The van der Waals surface area contributed by atoms with Crippen molar-refractivity contribution in [3.05, 3.63) is 45.1 Å². The number of hydrogen-bond acceptors (Lipinski definition) is 4. The van der Waals surface area contributed by atoms with E-state index >= 15 is 0 Å². The van der Waals surface area contributed by atoms with E-state index in [0.717, 1.165) is 12.1 Å². The summed E-state index contributed by atoms with van der Waals surface area (Å²) in [5.74, 6) is -0.501. The maximum Gasteiger partial charge on any atom is 0.420 e. The summed E-state index contributed by atoms with van der Waals surface area (Å²) in [7, 11) is 0. The molecule has 2 aromatic rings. The molecule has 22 heavy (non-hydrogen) atoms. The van der Waals surface area contributed by atoms with Gasteiger partial charge in [0.25, 0.3) is 5.69 Å². The van der Waals surface area contributed by atoms with Crippen molar-refractivity contribution in [3.8, 4) is 11.6 Å². The third-order valence-electron chi connectivity index (χ3n) is 3.08. The maximum atomic E-state index is 13.1. The molecule has 1 heterocycles. The number of hydrogen-bond donors (Lipinski definition) is 1. The molecule has 0 radical (unpaired) electrons. The number of nitrogens with zero attached hydrogens (tertiary/aromatic N) is 2. The van der Waals surface area contributed by atoms with Gasteiger partial charge >= 0.3 is 6.18 Å². The fourth-order valence-corrected chi connectivity index (χ4v) is 1.98. The Balaban J connectivity index is 2.48. The lowest BCUT2D eigenvalue weighted by molar-refractivity contribution is -0.385. The third kappa shape index (κ3) is 3.02. The van der Waals surface area contributed by atoms with Gasteiger partial charge in [-0.2, -0.15) is 13.2 Å². The van der Waals surface area contributed by atoms with E-state index < -0.39 is 28.1 Å². The molecule has 0 unspecified atom stereocenters. The molecule has 0 aliphatic rings.